The highest BCUT2D eigenvalue weighted by molar-refractivity contribution is 9.10. The van der Waals surface area contributed by atoms with Gasteiger partial charge < -0.3 is 0 Å². The van der Waals surface area contributed by atoms with Gasteiger partial charge in [-0.15, -0.1) is 0 Å². The van der Waals surface area contributed by atoms with Crippen LogP contribution in [-0.2, 0) is 7.05 Å². The Morgan fingerprint density at radius 1 is 1.31 bits per heavy atom. The summed E-state index contributed by atoms with van der Waals surface area (Å²) in [4.78, 5) is 0. The van der Waals surface area contributed by atoms with Gasteiger partial charge in [-0.3, -0.25) is 4.68 Å². The maximum Gasteiger partial charge on any atom is 0.135 e. The lowest BCUT2D eigenvalue weighted by Gasteiger charge is -2.04. The molecule has 0 saturated carbocycles. The predicted molar refractivity (Wildman–Crippen MR) is 61.0 cm³/mol. The second-order valence-corrected chi connectivity index (χ2v) is 4.29. The predicted octanol–water partition coefficient (Wildman–Crippen LogP) is 3.44. The first-order valence-corrected chi connectivity index (χ1v) is 5.44. The first kappa shape index (κ1) is 11.3. The summed E-state index contributed by atoms with van der Waals surface area (Å²) >= 11 is 3.35. The molecule has 2 nitrogen and oxygen atoms in total. The van der Waals surface area contributed by atoms with E-state index in [4.69, 9.17) is 0 Å². The molecule has 0 aliphatic heterocycles. The summed E-state index contributed by atoms with van der Waals surface area (Å²) in [6.07, 6.45) is 0. The number of benzene rings is 1. The van der Waals surface area contributed by atoms with Crippen molar-refractivity contribution in [2.75, 3.05) is 0 Å². The third-order valence-corrected chi connectivity index (χ3v) is 3.28. The fraction of sp³-hybridized carbons (Fsp3) is 0.182. The van der Waals surface area contributed by atoms with E-state index in [0.717, 1.165) is 16.2 Å². The average molecular weight is 287 g/mol. The molecule has 0 unspecified atom stereocenters. The Balaban J connectivity index is 2.67. The van der Waals surface area contributed by atoms with Crippen molar-refractivity contribution in [1.29, 1.82) is 0 Å². The fourth-order valence-corrected chi connectivity index (χ4v) is 2.16. The number of aryl methyl sites for hydroxylation is 2. The second-order valence-electron chi connectivity index (χ2n) is 3.50. The summed E-state index contributed by atoms with van der Waals surface area (Å²) in [5, 5.41) is 4.16. The van der Waals surface area contributed by atoms with E-state index in [1.54, 1.807) is 11.7 Å². The maximum atomic E-state index is 13.6. The zero-order chi connectivity index (χ0) is 11.9. The Morgan fingerprint density at radius 3 is 2.50 bits per heavy atom. The third kappa shape index (κ3) is 1.75. The van der Waals surface area contributed by atoms with Gasteiger partial charge in [0.05, 0.1) is 15.9 Å². The largest absolute Gasteiger partial charge is 0.266 e. The van der Waals surface area contributed by atoms with Crippen molar-refractivity contribution in [1.82, 2.24) is 9.78 Å². The highest BCUT2D eigenvalue weighted by Gasteiger charge is 2.16. The van der Waals surface area contributed by atoms with Crippen LogP contribution < -0.4 is 0 Å². The van der Waals surface area contributed by atoms with E-state index in [9.17, 15) is 8.78 Å². The minimum Gasteiger partial charge on any atom is -0.266 e. The molecule has 84 valence electrons. The number of hydrogen-bond donors (Lipinski definition) is 0. The zero-order valence-corrected chi connectivity index (χ0v) is 10.3. The molecule has 0 aliphatic rings. The van der Waals surface area contributed by atoms with Gasteiger partial charge in [0.25, 0.3) is 0 Å². The maximum absolute atomic E-state index is 13.6. The van der Waals surface area contributed by atoms with Gasteiger partial charge in [-0.2, -0.15) is 5.10 Å². The van der Waals surface area contributed by atoms with Gasteiger partial charge >= 0.3 is 0 Å². The Kier molecular flexibility index (Phi) is 2.80. The molecular weight excluding hydrogens is 278 g/mol. The van der Waals surface area contributed by atoms with Gasteiger partial charge in [-0.1, -0.05) is 0 Å². The Labute approximate surface area is 100 Å². The van der Waals surface area contributed by atoms with Crippen molar-refractivity contribution in [3.63, 3.8) is 0 Å². The van der Waals surface area contributed by atoms with Gasteiger partial charge in [0.2, 0.25) is 0 Å². The minimum atomic E-state index is -0.594. The van der Waals surface area contributed by atoms with Gasteiger partial charge in [-0.25, -0.2) is 8.78 Å². The van der Waals surface area contributed by atoms with E-state index in [-0.39, 0.29) is 0 Å². The van der Waals surface area contributed by atoms with Crippen molar-refractivity contribution >= 4 is 15.9 Å². The zero-order valence-electron chi connectivity index (χ0n) is 8.76. The van der Waals surface area contributed by atoms with Crippen LogP contribution in [0.5, 0.6) is 0 Å². The van der Waals surface area contributed by atoms with Crippen molar-refractivity contribution in [3.8, 4) is 11.3 Å². The SMILES string of the molecule is Cc1nn(C)c(-c2ccc(F)cc2F)c1Br. The van der Waals surface area contributed by atoms with Crippen LogP contribution in [0.2, 0.25) is 0 Å². The van der Waals surface area contributed by atoms with Crippen LogP contribution >= 0.6 is 15.9 Å². The Hall–Kier alpha value is -1.23. The number of rotatable bonds is 1. The van der Waals surface area contributed by atoms with Gasteiger partial charge in [0.1, 0.15) is 11.6 Å². The van der Waals surface area contributed by atoms with Crippen LogP contribution in [0, 0.1) is 18.6 Å². The molecule has 1 aromatic carbocycles. The van der Waals surface area contributed by atoms with Gasteiger partial charge in [0, 0.05) is 18.7 Å². The van der Waals surface area contributed by atoms with Crippen LogP contribution in [0.25, 0.3) is 11.3 Å². The lowest BCUT2D eigenvalue weighted by molar-refractivity contribution is 0.584. The van der Waals surface area contributed by atoms with E-state index in [1.807, 2.05) is 6.92 Å². The minimum absolute atomic E-state index is 0.330. The first-order chi connectivity index (χ1) is 7.50. The van der Waals surface area contributed by atoms with E-state index in [1.165, 1.54) is 12.1 Å². The number of nitrogens with zero attached hydrogens (tertiary/aromatic N) is 2. The molecule has 0 amide bonds. The first-order valence-electron chi connectivity index (χ1n) is 4.65. The lowest BCUT2D eigenvalue weighted by atomic mass is 10.1. The van der Waals surface area contributed by atoms with Gasteiger partial charge in [-0.05, 0) is 35.0 Å². The Bertz CT molecular complexity index is 549. The molecule has 0 atom stereocenters. The summed E-state index contributed by atoms with van der Waals surface area (Å²) in [6, 6.07) is 3.50. The molecule has 2 rings (SSSR count). The monoisotopic (exact) mass is 286 g/mol. The van der Waals surface area contributed by atoms with Crippen LogP contribution in [0.1, 0.15) is 5.69 Å². The molecule has 0 spiro atoms. The lowest BCUT2D eigenvalue weighted by Crippen LogP contribution is -1.96. The van der Waals surface area contributed by atoms with Crippen LogP contribution in [0.3, 0.4) is 0 Å². The highest BCUT2D eigenvalue weighted by Crippen LogP contribution is 2.32. The Morgan fingerprint density at radius 2 is 2.00 bits per heavy atom. The molecule has 2 aromatic rings. The van der Waals surface area contributed by atoms with E-state index >= 15 is 0 Å². The van der Waals surface area contributed by atoms with E-state index < -0.39 is 11.6 Å². The molecule has 0 aliphatic carbocycles. The van der Waals surface area contributed by atoms with Crippen LogP contribution in [0.15, 0.2) is 22.7 Å². The molecule has 1 heterocycles. The average Bonchev–Trinajstić information content (AvgIpc) is 2.43. The smallest absolute Gasteiger partial charge is 0.135 e. The van der Waals surface area contributed by atoms with Crippen molar-refractivity contribution in [3.05, 3.63) is 40.0 Å². The molecule has 0 N–H and O–H groups in total. The summed E-state index contributed by atoms with van der Waals surface area (Å²) in [5.41, 5.74) is 1.70. The number of hydrogen-bond acceptors (Lipinski definition) is 1. The van der Waals surface area contributed by atoms with Crippen molar-refractivity contribution < 1.29 is 8.78 Å². The van der Waals surface area contributed by atoms with E-state index in [2.05, 4.69) is 21.0 Å². The normalized spacial score (nSPS) is 10.8. The fourth-order valence-electron chi connectivity index (χ4n) is 1.61. The number of aromatic nitrogens is 2. The molecule has 16 heavy (non-hydrogen) atoms. The summed E-state index contributed by atoms with van der Waals surface area (Å²) in [6.45, 7) is 1.81. The molecule has 0 radical (unpaired) electrons. The standard InChI is InChI=1S/C11H9BrF2N2/c1-6-10(12)11(16(2)15-6)8-4-3-7(13)5-9(8)14/h3-5H,1-2H3. The topological polar surface area (TPSA) is 17.8 Å². The van der Waals surface area contributed by atoms with Crippen molar-refractivity contribution in [2.24, 2.45) is 7.05 Å². The molecule has 0 saturated heterocycles. The molecule has 0 fully saturated rings. The second kappa shape index (κ2) is 3.97. The van der Waals surface area contributed by atoms with E-state index in [0.29, 0.717) is 11.3 Å². The van der Waals surface area contributed by atoms with Crippen LogP contribution in [0.4, 0.5) is 8.78 Å². The summed E-state index contributed by atoms with van der Waals surface area (Å²) in [5.74, 6) is -1.18. The third-order valence-electron chi connectivity index (χ3n) is 2.34. The quantitative estimate of drug-likeness (QED) is 0.785. The molecule has 0 bridgehead atoms. The molecular formula is C11H9BrF2N2. The van der Waals surface area contributed by atoms with Crippen molar-refractivity contribution in [2.45, 2.75) is 6.92 Å². The summed E-state index contributed by atoms with van der Waals surface area (Å²) in [7, 11) is 1.72. The summed E-state index contributed by atoms with van der Waals surface area (Å²) < 4.78 is 28.7. The number of halogens is 3. The van der Waals surface area contributed by atoms with Gasteiger partial charge in [0.15, 0.2) is 0 Å². The highest BCUT2D eigenvalue weighted by atomic mass is 79.9. The molecule has 1 aromatic heterocycles. The molecule has 5 heteroatoms. The van der Waals surface area contributed by atoms with Crippen LogP contribution in [-0.4, -0.2) is 9.78 Å².